The second kappa shape index (κ2) is 5.32. The Balaban J connectivity index is 2.58. The van der Waals surface area contributed by atoms with E-state index in [1.807, 2.05) is 67.6 Å². The number of carbonyl (C=O) groups excluding carboxylic acids is 1. The summed E-state index contributed by atoms with van der Waals surface area (Å²) >= 11 is 0. The fourth-order valence-corrected chi connectivity index (χ4v) is 1.98. The third-order valence-corrected chi connectivity index (χ3v) is 2.89. The number of allylic oxidation sites excluding steroid dienone is 1. The molecule has 2 N–H and O–H groups in total. The summed E-state index contributed by atoms with van der Waals surface area (Å²) in [6.45, 7) is 1.92. The number of carbonyl (C=O) groups is 1. The maximum absolute atomic E-state index is 11.7. The quantitative estimate of drug-likeness (QED) is 0.647. The molecule has 2 aromatic rings. The highest BCUT2D eigenvalue weighted by Crippen LogP contribution is 2.25. The van der Waals surface area contributed by atoms with Gasteiger partial charge in [0, 0.05) is 5.57 Å². The summed E-state index contributed by atoms with van der Waals surface area (Å²) in [6, 6.07) is 19.3. The monoisotopic (exact) mass is 237 g/mol. The lowest BCUT2D eigenvalue weighted by atomic mass is 9.95. The fourth-order valence-electron chi connectivity index (χ4n) is 1.98. The van der Waals surface area contributed by atoms with Gasteiger partial charge in [0.15, 0.2) is 0 Å². The van der Waals surface area contributed by atoms with Crippen LogP contribution in [0.3, 0.4) is 0 Å². The maximum Gasteiger partial charge on any atom is 0.249 e. The lowest BCUT2D eigenvalue weighted by molar-refractivity contribution is -0.112. The summed E-state index contributed by atoms with van der Waals surface area (Å²) < 4.78 is 0. The maximum atomic E-state index is 11.7. The van der Waals surface area contributed by atoms with Gasteiger partial charge in [-0.05, 0) is 23.6 Å². The highest BCUT2D eigenvalue weighted by atomic mass is 16.1. The van der Waals surface area contributed by atoms with Gasteiger partial charge >= 0.3 is 0 Å². The molecule has 0 aliphatic carbocycles. The van der Waals surface area contributed by atoms with Crippen LogP contribution >= 0.6 is 0 Å². The summed E-state index contributed by atoms with van der Waals surface area (Å²) in [7, 11) is 0. The Hall–Kier alpha value is -2.35. The molecule has 0 saturated heterocycles. The van der Waals surface area contributed by atoms with Crippen molar-refractivity contribution in [2.24, 2.45) is 5.73 Å². The Bertz CT molecular complexity index is 571. The zero-order valence-corrected chi connectivity index (χ0v) is 10.3. The molecule has 0 aliphatic rings. The molecule has 1 amide bonds. The van der Waals surface area contributed by atoms with Gasteiger partial charge in [0.25, 0.3) is 0 Å². The van der Waals surface area contributed by atoms with E-state index in [2.05, 4.69) is 0 Å². The van der Waals surface area contributed by atoms with Crippen LogP contribution in [0.2, 0.25) is 0 Å². The molecular formula is C16H15NO. The van der Waals surface area contributed by atoms with E-state index < -0.39 is 5.91 Å². The minimum Gasteiger partial charge on any atom is -0.366 e. The summed E-state index contributed by atoms with van der Waals surface area (Å²) in [5, 5.41) is 0. The van der Waals surface area contributed by atoms with Crippen LogP contribution in [0.1, 0.15) is 18.1 Å². The largest absolute Gasteiger partial charge is 0.366 e. The Kier molecular flexibility index (Phi) is 3.58. The van der Waals surface area contributed by atoms with E-state index in [-0.39, 0.29) is 0 Å². The van der Waals surface area contributed by atoms with Gasteiger partial charge in [0.05, 0.1) is 0 Å². The average molecular weight is 237 g/mol. The van der Waals surface area contributed by atoms with E-state index in [9.17, 15) is 4.79 Å². The summed E-state index contributed by atoms with van der Waals surface area (Å²) in [5.41, 5.74) is 8.84. The zero-order chi connectivity index (χ0) is 13.0. The lowest BCUT2D eigenvalue weighted by Gasteiger charge is -2.09. The average Bonchev–Trinajstić information content (AvgIpc) is 2.40. The van der Waals surface area contributed by atoms with Crippen molar-refractivity contribution >= 4 is 17.1 Å². The molecule has 0 fully saturated rings. The molecule has 2 rings (SSSR count). The van der Waals surface area contributed by atoms with E-state index >= 15 is 0 Å². The van der Waals surface area contributed by atoms with Crippen LogP contribution in [0.25, 0.3) is 11.1 Å². The highest BCUT2D eigenvalue weighted by molar-refractivity contribution is 6.26. The van der Waals surface area contributed by atoms with E-state index in [0.717, 1.165) is 16.7 Å². The molecule has 0 atom stereocenters. The van der Waals surface area contributed by atoms with Crippen molar-refractivity contribution in [3.05, 3.63) is 71.8 Å². The van der Waals surface area contributed by atoms with Gasteiger partial charge < -0.3 is 5.73 Å². The number of nitrogens with two attached hydrogens (primary N) is 1. The van der Waals surface area contributed by atoms with Crippen molar-refractivity contribution in [2.45, 2.75) is 6.92 Å². The van der Waals surface area contributed by atoms with E-state index in [0.29, 0.717) is 5.57 Å². The first-order valence-corrected chi connectivity index (χ1v) is 5.81. The third-order valence-electron chi connectivity index (χ3n) is 2.89. The fraction of sp³-hybridized carbons (Fsp3) is 0.0625. The van der Waals surface area contributed by atoms with Crippen molar-refractivity contribution in [2.75, 3.05) is 0 Å². The van der Waals surface area contributed by atoms with Crippen LogP contribution in [0.4, 0.5) is 0 Å². The summed E-state index contributed by atoms with van der Waals surface area (Å²) in [4.78, 5) is 11.7. The minimum absolute atomic E-state index is 0.400. The predicted octanol–water partition coefficient (Wildman–Crippen LogP) is 3.10. The first kappa shape index (κ1) is 12.1. The number of amides is 1. The van der Waals surface area contributed by atoms with Gasteiger partial charge in [-0.25, -0.2) is 0 Å². The van der Waals surface area contributed by atoms with Gasteiger partial charge in [-0.1, -0.05) is 60.7 Å². The zero-order valence-electron chi connectivity index (χ0n) is 10.3. The van der Waals surface area contributed by atoms with Crippen molar-refractivity contribution < 1.29 is 4.79 Å². The normalized spacial score (nSPS) is 11.8. The molecule has 18 heavy (non-hydrogen) atoms. The SMILES string of the molecule is CC(=C(C(N)=O)c1ccccc1)c1ccccc1. The molecule has 2 nitrogen and oxygen atoms in total. The number of hydrogen-bond acceptors (Lipinski definition) is 1. The standard InChI is InChI=1S/C16H15NO/c1-12(13-8-4-2-5-9-13)15(16(17)18)14-10-6-3-7-11-14/h2-11H,1H3,(H2,17,18). The molecule has 0 saturated carbocycles. The Morgan fingerprint density at radius 1 is 0.833 bits per heavy atom. The van der Waals surface area contributed by atoms with Crippen LogP contribution in [-0.2, 0) is 4.79 Å². The van der Waals surface area contributed by atoms with Crippen molar-refractivity contribution in [3.8, 4) is 0 Å². The van der Waals surface area contributed by atoms with E-state index in [1.165, 1.54) is 0 Å². The second-order valence-electron chi connectivity index (χ2n) is 4.10. The second-order valence-corrected chi connectivity index (χ2v) is 4.10. The smallest absolute Gasteiger partial charge is 0.249 e. The number of rotatable bonds is 3. The van der Waals surface area contributed by atoms with Gasteiger partial charge in [0.2, 0.25) is 5.91 Å². The first-order chi connectivity index (χ1) is 8.70. The van der Waals surface area contributed by atoms with E-state index in [4.69, 9.17) is 5.73 Å². The summed E-state index contributed by atoms with van der Waals surface area (Å²) in [5.74, 6) is -0.400. The Morgan fingerprint density at radius 3 is 1.72 bits per heavy atom. The van der Waals surface area contributed by atoms with Crippen LogP contribution in [0, 0.1) is 0 Å². The van der Waals surface area contributed by atoms with Gasteiger partial charge in [-0.3, -0.25) is 4.79 Å². The van der Waals surface area contributed by atoms with Crippen LogP contribution in [0.15, 0.2) is 60.7 Å². The van der Waals surface area contributed by atoms with E-state index in [1.54, 1.807) is 0 Å². The van der Waals surface area contributed by atoms with Crippen LogP contribution in [-0.4, -0.2) is 5.91 Å². The summed E-state index contributed by atoms with van der Waals surface area (Å²) in [6.07, 6.45) is 0. The van der Waals surface area contributed by atoms with Gasteiger partial charge in [-0.15, -0.1) is 0 Å². The molecule has 0 heterocycles. The molecule has 0 aromatic heterocycles. The highest BCUT2D eigenvalue weighted by Gasteiger charge is 2.12. The van der Waals surface area contributed by atoms with Crippen molar-refractivity contribution in [1.82, 2.24) is 0 Å². The first-order valence-electron chi connectivity index (χ1n) is 5.81. The topological polar surface area (TPSA) is 43.1 Å². The number of benzene rings is 2. The molecule has 0 bridgehead atoms. The molecule has 0 radical (unpaired) electrons. The molecule has 90 valence electrons. The molecule has 2 aromatic carbocycles. The lowest BCUT2D eigenvalue weighted by Crippen LogP contribution is -2.14. The third kappa shape index (κ3) is 2.48. The molecule has 0 spiro atoms. The molecular weight excluding hydrogens is 222 g/mol. The van der Waals surface area contributed by atoms with Gasteiger partial charge in [0.1, 0.15) is 0 Å². The molecule has 0 aliphatic heterocycles. The van der Waals surface area contributed by atoms with Crippen LogP contribution in [0.5, 0.6) is 0 Å². The van der Waals surface area contributed by atoms with Crippen molar-refractivity contribution in [3.63, 3.8) is 0 Å². The molecule has 0 unspecified atom stereocenters. The van der Waals surface area contributed by atoms with Crippen molar-refractivity contribution in [1.29, 1.82) is 0 Å². The van der Waals surface area contributed by atoms with Gasteiger partial charge in [-0.2, -0.15) is 0 Å². The number of primary amides is 1. The Labute approximate surface area is 107 Å². The molecule has 2 heteroatoms. The van der Waals surface area contributed by atoms with Crippen LogP contribution < -0.4 is 5.73 Å². The number of hydrogen-bond donors (Lipinski definition) is 1. The Morgan fingerprint density at radius 2 is 1.28 bits per heavy atom. The minimum atomic E-state index is -0.400. The predicted molar refractivity (Wildman–Crippen MR) is 74.6 cm³/mol.